The minimum absolute atomic E-state index is 0.980. The molecule has 0 saturated heterocycles. The van der Waals surface area contributed by atoms with Crippen molar-refractivity contribution in [2.75, 3.05) is 0 Å². The van der Waals surface area contributed by atoms with Gasteiger partial charge in [0, 0.05) is 21.5 Å². The average Bonchev–Trinajstić information content (AvgIpc) is 3.77. The first-order chi connectivity index (χ1) is 25.8. The molecule has 1 aliphatic carbocycles. The fraction of sp³-hybridized carbons (Fsp3) is 0.0196. The summed E-state index contributed by atoms with van der Waals surface area (Å²) >= 11 is 0. The molecule has 0 saturated carbocycles. The van der Waals surface area contributed by atoms with E-state index in [0.717, 1.165) is 6.42 Å². The van der Waals surface area contributed by atoms with Gasteiger partial charge in [0.05, 0.1) is 16.6 Å². The van der Waals surface area contributed by atoms with Crippen LogP contribution in [0.15, 0.2) is 176 Å². The summed E-state index contributed by atoms with van der Waals surface area (Å²) in [6.45, 7) is 0. The van der Waals surface area contributed by atoms with Gasteiger partial charge in [-0.3, -0.25) is 0 Å². The lowest BCUT2D eigenvalue weighted by Crippen LogP contribution is -1.87. The van der Waals surface area contributed by atoms with Crippen molar-refractivity contribution in [2.45, 2.75) is 6.42 Å². The first-order valence-electron chi connectivity index (χ1n) is 18.2. The van der Waals surface area contributed by atoms with Crippen molar-refractivity contribution in [3.8, 4) is 22.3 Å². The molecule has 0 spiro atoms. The Balaban J connectivity index is 1.10. The molecule has 0 amide bonds. The van der Waals surface area contributed by atoms with Crippen molar-refractivity contribution in [3.63, 3.8) is 0 Å². The molecule has 52 heavy (non-hydrogen) atoms. The maximum atomic E-state index is 2.54. The van der Waals surface area contributed by atoms with E-state index in [-0.39, 0.29) is 0 Å². The van der Waals surface area contributed by atoms with Crippen LogP contribution in [-0.2, 0) is 6.42 Å². The fourth-order valence-corrected chi connectivity index (χ4v) is 9.33. The van der Waals surface area contributed by atoms with Crippen LogP contribution in [0, 0.1) is 0 Å². The predicted octanol–water partition coefficient (Wildman–Crippen LogP) is 13.8. The molecule has 0 radical (unpaired) electrons. The van der Waals surface area contributed by atoms with Crippen molar-refractivity contribution in [2.24, 2.45) is 0 Å². The van der Waals surface area contributed by atoms with Crippen LogP contribution in [0.3, 0.4) is 0 Å². The molecular formula is C51H31N. The van der Waals surface area contributed by atoms with E-state index in [9.17, 15) is 0 Å². The maximum absolute atomic E-state index is 2.54. The predicted molar refractivity (Wildman–Crippen MR) is 222 cm³/mol. The largest absolute Gasteiger partial charge is 0.308 e. The van der Waals surface area contributed by atoms with E-state index in [1.807, 2.05) is 0 Å². The van der Waals surface area contributed by atoms with E-state index in [1.165, 1.54) is 115 Å². The standard InChI is InChI=1S/C51H31N/c1-2-9-32-26-33(19-18-31(32)8-1)34-20-21-36-28-37(23-22-35(36)27-34)38-24-25-48-46(30-38)45-16-7-15-44-43-14-6-11-40-29-39-10-5-13-42(49(39)50(40)43)41-12-3-4-17-47(41)52(48)51(44)45/h1-28,30H,29H2. The molecule has 11 aromatic rings. The first kappa shape index (κ1) is 28.0. The highest BCUT2D eigenvalue weighted by Gasteiger charge is 2.20. The number of aromatic nitrogens is 1. The first-order valence-corrected chi connectivity index (χ1v) is 18.2. The van der Waals surface area contributed by atoms with Crippen LogP contribution in [0.1, 0.15) is 11.1 Å². The summed E-state index contributed by atoms with van der Waals surface area (Å²) < 4.78 is 2.54. The van der Waals surface area contributed by atoms with Crippen LogP contribution in [-0.4, -0.2) is 4.40 Å². The second-order valence-corrected chi connectivity index (χ2v) is 14.5. The summed E-state index contributed by atoms with van der Waals surface area (Å²) in [5.74, 6) is 0. The van der Waals surface area contributed by atoms with Gasteiger partial charge >= 0.3 is 0 Å². The molecule has 0 atom stereocenters. The van der Waals surface area contributed by atoms with Crippen LogP contribution in [0.4, 0.5) is 0 Å². The topological polar surface area (TPSA) is 4.41 Å². The van der Waals surface area contributed by atoms with E-state index in [0.29, 0.717) is 0 Å². The van der Waals surface area contributed by atoms with Gasteiger partial charge < -0.3 is 4.40 Å². The summed E-state index contributed by atoms with van der Waals surface area (Å²) in [7, 11) is 0. The average molecular weight is 658 g/mol. The molecule has 2 heterocycles. The van der Waals surface area contributed by atoms with Gasteiger partial charge in [-0.2, -0.15) is 0 Å². The van der Waals surface area contributed by atoms with Gasteiger partial charge in [-0.15, -0.1) is 0 Å². The van der Waals surface area contributed by atoms with Gasteiger partial charge in [0.25, 0.3) is 0 Å². The van der Waals surface area contributed by atoms with E-state index in [4.69, 9.17) is 0 Å². The minimum Gasteiger partial charge on any atom is -0.308 e. The van der Waals surface area contributed by atoms with Crippen molar-refractivity contribution >= 4 is 81.2 Å². The van der Waals surface area contributed by atoms with Crippen molar-refractivity contribution < 1.29 is 0 Å². The normalized spacial score (nSPS) is 12.5. The summed E-state index contributed by atoms with van der Waals surface area (Å²) in [6.07, 6.45) is 0.980. The summed E-state index contributed by atoms with van der Waals surface area (Å²) in [5.41, 5.74) is 11.5. The number of rotatable bonds is 2. The van der Waals surface area contributed by atoms with Crippen molar-refractivity contribution in [1.82, 2.24) is 4.40 Å². The van der Waals surface area contributed by atoms with Crippen molar-refractivity contribution in [1.29, 1.82) is 0 Å². The number of benzene rings is 9. The van der Waals surface area contributed by atoms with E-state index in [2.05, 4.69) is 180 Å². The van der Waals surface area contributed by atoms with E-state index < -0.39 is 0 Å². The number of nitrogens with zero attached hydrogens (tertiary/aromatic N) is 1. The number of para-hydroxylation sites is 2. The highest BCUT2D eigenvalue weighted by Crippen LogP contribution is 2.44. The third kappa shape index (κ3) is 3.88. The van der Waals surface area contributed by atoms with Gasteiger partial charge in [-0.1, -0.05) is 140 Å². The third-order valence-corrected chi connectivity index (χ3v) is 11.7. The molecule has 0 N–H and O–H groups in total. The van der Waals surface area contributed by atoms with Gasteiger partial charge in [0.15, 0.2) is 0 Å². The van der Waals surface area contributed by atoms with Crippen LogP contribution < -0.4 is 0 Å². The molecule has 0 unspecified atom stereocenters. The van der Waals surface area contributed by atoms with Gasteiger partial charge in [-0.25, -0.2) is 0 Å². The number of hydrogen-bond acceptors (Lipinski definition) is 0. The number of hydrogen-bond donors (Lipinski definition) is 0. The zero-order valence-electron chi connectivity index (χ0n) is 28.4. The molecule has 0 bridgehead atoms. The Hall–Kier alpha value is -6.70. The fourth-order valence-electron chi connectivity index (χ4n) is 9.33. The summed E-state index contributed by atoms with van der Waals surface area (Å²) in [5, 5.41) is 15.6. The lowest BCUT2D eigenvalue weighted by Gasteiger charge is -2.09. The quantitative estimate of drug-likeness (QED) is 0.174. The molecule has 12 rings (SSSR count). The second kappa shape index (κ2) is 10.4. The van der Waals surface area contributed by atoms with Crippen LogP contribution in [0.5, 0.6) is 0 Å². The molecule has 1 heteroatoms. The summed E-state index contributed by atoms with van der Waals surface area (Å²) in [6, 6.07) is 65.9. The maximum Gasteiger partial charge on any atom is 0.0619 e. The molecule has 1 aliphatic rings. The van der Waals surface area contributed by atoms with Crippen molar-refractivity contribution in [3.05, 3.63) is 187 Å². The lowest BCUT2D eigenvalue weighted by molar-refractivity contribution is 1.27. The monoisotopic (exact) mass is 657 g/mol. The summed E-state index contributed by atoms with van der Waals surface area (Å²) in [4.78, 5) is 0. The van der Waals surface area contributed by atoms with Crippen LogP contribution >= 0.6 is 0 Å². The van der Waals surface area contributed by atoms with Crippen LogP contribution in [0.2, 0.25) is 0 Å². The Morgan fingerprint density at radius 3 is 1.48 bits per heavy atom. The molecular weight excluding hydrogens is 627 g/mol. The molecule has 2 aromatic heterocycles. The third-order valence-electron chi connectivity index (χ3n) is 11.7. The van der Waals surface area contributed by atoms with Gasteiger partial charge in [0.2, 0.25) is 0 Å². The van der Waals surface area contributed by atoms with Gasteiger partial charge in [-0.05, 0) is 119 Å². The molecule has 0 fully saturated rings. The highest BCUT2D eigenvalue weighted by molar-refractivity contribution is 6.27. The van der Waals surface area contributed by atoms with Crippen LogP contribution in [0.25, 0.3) is 103 Å². The molecule has 9 aromatic carbocycles. The Labute approximate surface area is 300 Å². The zero-order valence-corrected chi connectivity index (χ0v) is 28.4. The zero-order chi connectivity index (χ0) is 33.9. The SMILES string of the molecule is c1ccc2cc(-c3ccc4cc(-c5ccc6c(c5)c5cccc7c8cccc9c8c8c(cccc8c8ccccc8n6c75)C9)ccc4c3)ccc2c1. The Morgan fingerprint density at radius 2 is 0.769 bits per heavy atom. The Morgan fingerprint density at radius 1 is 0.308 bits per heavy atom. The molecule has 1 nitrogen and oxygen atoms in total. The number of fused-ring (bicyclic) bond motifs is 9. The second-order valence-electron chi connectivity index (χ2n) is 14.5. The van der Waals surface area contributed by atoms with E-state index in [1.54, 1.807) is 0 Å². The molecule has 240 valence electrons. The van der Waals surface area contributed by atoms with Gasteiger partial charge in [0.1, 0.15) is 0 Å². The Kier molecular flexibility index (Phi) is 5.62. The minimum atomic E-state index is 0.980. The van der Waals surface area contributed by atoms with E-state index >= 15 is 0 Å². The lowest BCUT2D eigenvalue weighted by atomic mass is 9.96. The highest BCUT2D eigenvalue weighted by atomic mass is 14.9. The molecule has 0 aliphatic heterocycles. The smallest absolute Gasteiger partial charge is 0.0619 e. The Bertz CT molecular complexity index is 3380.